The minimum atomic E-state index is -0.311. The molecule has 5 aromatic rings. The lowest BCUT2D eigenvalue weighted by atomic mass is 10.0. The molecule has 0 fully saturated rings. The van der Waals surface area contributed by atoms with Gasteiger partial charge in [-0.1, -0.05) is 29.8 Å². The zero-order valence-electron chi connectivity index (χ0n) is 18.9. The maximum Gasteiger partial charge on any atom is 0.256 e. The molecular formula is C26H20ClN5O3. The fourth-order valence-corrected chi connectivity index (χ4v) is 4.01. The molecule has 0 radical (unpaired) electrons. The Kier molecular flexibility index (Phi) is 6.03. The first-order valence-corrected chi connectivity index (χ1v) is 11.0. The third kappa shape index (κ3) is 4.39. The molecule has 0 spiro atoms. The van der Waals surface area contributed by atoms with Gasteiger partial charge in [0.15, 0.2) is 11.5 Å². The number of aromatic nitrogens is 4. The zero-order valence-corrected chi connectivity index (χ0v) is 19.7. The van der Waals surface area contributed by atoms with Crippen molar-refractivity contribution in [3.63, 3.8) is 0 Å². The highest BCUT2D eigenvalue weighted by atomic mass is 35.5. The van der Waals surface area contributed by atoms with Gasteiger partial charge in [-0.05, 0) is 48.5 Å². The molecule has 0 saturated carbocycles. The van der Waals surface area contributed by atoms with E-state index in [0.29, 0.717) is 44.7 Å². The van der Waals surface area contributed by atoms with Crippen LogP contribution >= 0.6 is 11.6 Å². The van der Waals surface area contributed by atoms with Gasteiger partial charge in [0.2, 0.25) is 0 Å². The number of hydrogen-bond donors (Lipinski definition) is 1. The molecule has 0 aliphatic rings. The lowest BCUT2D eigenvalue weighted by molar-refractivity contribution is 0.102. The Hall–Kier alpha value is -4.43. The number of para-hydroxylation sites is 1. The van der Waals surface area contributed by atoms with Crippen LogP contribution in [0.4, 0.5) is 5.69 Å². The number of ether oxygens (including phenoxy) is 2. The summed E-state index contributed by atoms with van der Waals surface area (Å²) < 4.78 is 12.4. The summed E-state index contributed by atoms with van der Waals surface area (Å²) in [7, 11) is 3.16. The molecule has 35 heavy (non-hydrogen) atoms. The Balaban J connectivity index is 1.60. The summed E-state index contributed by atoms with van der Waals surface area (Å²) in [6, 6.07) is 19.9. The van der Waals surface area contributed by atoms with Crippen molar-refractivity contribution >= 4 is 34.1 Å². The molecule has 9 heteroatoms. The minimum Gasteiger partial charge on any atom is -0.493 e. The van der Waals surface area contributed by atoms with Crippen molar-refractivity contribution in [2.24, 2.45) is 0 Å². The normalized spacial score (nSPS) is 10.8. The smallest absolute Gasteiger partial charge is 0.256 e. The van der Waals surface area contributed by atoms with Gasteiger partial charge in [0.25, 0.3) is 5.91 Å². The van der Waals surface area contributed by atoms with Crippen LogP contribution in [0.2, 0.25) is 5.02 Å². The summed E-state index contributed by atoms with van der Waals surface area (Å²) in [6.45, 7) is 0. The van der Waals surface area contributed by atoms with Crippen LogP contribution in [0, 0.1) is 0 Å². The maximum atomic E-state index is 13.6. The molecule has 8 nitrogen and oxygen atoms in total. The second-order valence-electron chi connectivity index (χ2n) is 7.60. The van der Waals surface area contributed by atoms with E-state index in [4.69, 9.17) is 26.1 Å². The molecule has 0 unspecified atom stereocenters. The number of halogens is 1. The Labute approximate surface area is 206 Å². The first-order valence-electron chi connectivity index (χ1n) is 10.7. The van der Waals surface area contributed by atoms with Crippen LogP contribution in [0.25, 0.3) is 27.8 Å². The predicted molar refractivity (Wildman–Crippen MR) is 135 cm³/mol. The number of pyridine rings is 1. The van der Waals surface area contributed by atoms with Gasteiger partial charge < -0.3 is 14.8 Å². The van der Waals surface area contributed by atoms with E-state index < -0.39 is 0 Å². The quantitative estimate of drug-likeness (QED) is 0.346. The van der Waals surface area contributed by atoms with E-state index in [1.165, 1.54) is 6.33 Å². The number of benzene rings is 3. The third-order valence-corrected chi connectivity index (χ3v) is 5.75. The number of carbonyl (C=O) groups is 1. The molecule has 2 aromatic heterocycles. The average molecular weight is 486 g/mol. The monoisotopic (exact) mass is 485 g/mol. The van der Waals surface area contributed by atoms with Gasteiger partial charge in [-0.25, -0.2) is 14.6 Å². The Morgan fingerprint density at radius 3 is 2.57 bits per heavy atom. The fraction of sp³-hybridized carbons (Fsp3) is 0.0769. The number of hydrogen-bond acceptors (Lipinski definition) is 6. The third-order valence-electron chi connectivity index (χ3n) is 5.51. The van der Waals surface area contributed by atoms with E-state index in [-0.39, 0.29) is 5.91 Å². The van der Waals surface area contributed by atoms with Gasteiger partial charge in [0.1, 0.15) is 12.7 Å². The highest BCUT2D eigenvalue weighted by molar-refractivity contribution is 6.31. The predicted octanol–water partition coefficient (Wildman–Crippen LogP) is 5.41. The number of anilines is 1. The largest absolute Gasteiger partial charge is 0.493 e. The van der Waals surface area contributed by atoms with Gasteiger partial charge in [-0.3, -0.25) is 4.79 Å². The first kappa shape index (κ1) is 22.4. The van der Waals surface area contributed by atoms with Crippen LogP contribution in [-0.4, -0.2) is 39.9 Å². The van der Waals surface area contributed by atoms with Crippen LogP contribution in [0.1, 0.15) is 10.4 Å². The topological polar surface area (TPSA) is 91.2 Å². The van der Waals surface area contributed by atoms with Crippen LogP contribution < -0.4 is 14.8 Å². The lowest BCUT2D eigenvalue weighted by Crippen LogP contribution is -2.15. The minimum absolute atomic E-state index is 0.311. The number of amides is 1. The molecule has 2 heterocycles. The summed E-state index contributed by atoms with van der Waals surface area (Å²) in [5.41, 5.74) is 3.70. The van der Waals surface area contributed by atoms with E-state index in [1.54, 1.807) is 55.6 Å². The lowest BCUT2D eigenvalue weighted by Gasteiger charge is -2.14. The van der Waals surface area contributed by atoms with Gasteiger partial charge in [-0.15, -0.1) is 0 Å². The van der Waals surface area contributed by atoms with E-state index in [0.717, 1.165) is 10.9 Å². The second-order valence-corrected chi connectivity index (χ2v) is 8.03. The molecule has 0 aliphatic heterocycles. The summed E-state index contributed by atoms with van der Waals surface area (Å²) in [4.78, 5) is 22.4. The highest BCUT2D eigenvalue weighted by Crippen LogP contribution is 2.33. The highest BCUT2D eigenvalue weighted by Gasteiger charge is 2.17. The Bertz CT molecular complexity index is 1540. The number of nitrogens with zero attached hydrogens (tertiary/aromatic N) is 4. The van der Waals surface area contributed by atoms with Crippen molar-refractivity contribution in [2.75, 3.05) is 19.5 Å². The van der Waals surface area contributed by atoms with Crippen molar-refractivity contribution < 1.29 is 14.3 Å². The second kappa shape index (κ2) is 9.44. The summed E-state index contributed by atoms with van der Waals surface area (Å²) in [6.07, 6.45) is 2.97. The van der Waals surface area contributed by atoms with E-state index in [9.17, 15) is 4.79 Å². The van der Waals surface area contributed by atoms with Crippen LogP contribution in [0.5, 0.6) is 11.5 Å². The molecule has 0 aliphatic carbocycles. The Morgan fingerprint density at radius 1 is 0.971 bits per heavy atom. The molecule has 5 rings (SSSR count). The number of fused-ring (bicyclic) bond motifs is 1. The van der Waals surface area contributed by atoms with E-state index in [2.05, 4.69) is 15.4 Å². The molecular weight excluding hydrogens is 466 g/mol. The maximum absolute atomic E-state index is 13.6. The van der Waals surface area contributed by atoms with Crippen molar-refractivity contribution in [1.82, 2.24) is 19.7 Å². The standard InChI is InChI=1S/C26H20ClN5O3/c1-34-24-10-7-16(11-25(24)35-2)21-13-19(18-5-3-4-6-20(18)30-21)26(33)31-22-12-17(27)8-9-23(22)32-15-28-14-29-32/h3-15H,1-2H3,(H,31,33). The van der Waals surface area contributed by atoms with Crippen molar-refractivity contribution in [1.29, 1.82) is 0 Å². The molecule has 0 bridgehead atoms. The molecule has 1 N–H and O–H groups in total. The van der Waals surface area contributed by atoms with E-state index >= 15 is 0 Å². The number of nitrogens with one attached hydrogen (secondary N) is 1. The van der Waals surface area contributed by atoms with Crippen LogP contribution in [-0.2, 0) is 0 Å². The molecule has 1 amide bonds. The van der Waals surface area contributed by atoms with Gasteiger partial charge in [0, 0.05) is 16.0 Å². The van der Waals surface area contributed by atoms with Crippen molar-refractivity contribution in [2.45, 2.75) is 0 Å². The zero-order chi connectivity index (χ0) is 24.4. The van der Waals surface area contributed by atoms with Crippen molar-refractivity contribution in [3.8, 4) is 28.4 Å². The first-order chi connectivity index (χ1) is 17.1. The van der Waals surface area contributed by atoms with Gasteiger partial charge in [-0.2, -0.15) is 5.10 Å². The SMILES string of the molecule is COc1ccc(-c2cc(C(=O)Nc3cc(Cl)ccc3-n3cncn3)c3ccccc3n2)cc1OC. The van der Waals surface area contributed by atoms with E-state index in [1.807, 2.05) is 36.4 Å². The van der Waals surface area contributed by atoms with Gasteiger partial charge in [0.05, 0.1) is 42.4 Å². The van der Waals surface area contributed by atoms with Gasteiger partial charge >= 0.3 is 0 Å². The molecule has 3 aromatic carbocycles. The summed E-state index contributed by atoms with van der Waals surface area (Å²) in [5.74, 6) is 0.868. The Morgan fingerprint density at radius 2 is 1.80 bits per heavy atom. The summed E-state index contributed by atoms with van der Waals surface area (Å²) in [5, 5.41) is 8.36. The number of rotatable bonds is 6. The molecule has 0 atom stereocenters. The number of carbonyl (C=O) groups excluding carboxylic acids is 1. The fourth-order valence-electron chi connectivity index (χ4n) is 3.84. The summed E-state index contributed by atoms with van der Waals surface area (Å²) >= 11 is 6.23. The van der Waals surface area contributed by atoms with Crippen molar-refractivity contribution in [3.05, 3.63) is 90.0 Å². The number of methoxy groups -OCH3 is 2. The van der Waals surface area contributed by atoms with Crippen LogP contribution in [0.15, 0.2) is 79.4 Å². The molecule has 0 saturated heterocycles. The molecule has 174 valence electrons. The van der Waals surface area contributed by atoms with Crippen LogP contribution in [0.3, 0.4) is 0 Å². The average Bonchev–Trinajstić information content (AvgIpc) is 3.42.